The summed E-state index contributed by atoms with van der Waals surface area (Å²) in [5, 5.41) is 12.5. The number of nitrogens with zero attached hydrogens (tertiary/aromatic N) is 3. The highest BCUT2D eigenvalue weighted by molar-refractivity contribution is 5.83. The lowest BCUT2D eigenvalue weighted by Gasteiger charge is -2.45. The molecule has 2 saturated heterocycles. The van der Waals surface area contributed by atoms with Gasteiger partial charge in [-0.15, -0.1) is 0 Å². The van der Waals surface area contributed by atoms with Gasteiger partial charge in [-0.3, -0.25) is 0 Å². The molecule has 0 radical (unpaired) electrons. The molecule has 0 bridgehead atoms. The van der Waals surface area contributed by atoms with E-state index in [1.54, 1.807) is 0 Å². The van der Waals surface area contributed by atoms with Crippen molar-refractivity contribution in [1.82, 2.24) is 14.7 Å². The van der Waals surface area contributed by atoms with E-state index in [1.165, 1.54) is 4.90 Å². The van der Waals surface area contributed by atoms with E-state index in [9.17, 15) is 14.7 Å². The average Bonchev–Trinajstić information content (AvgIpc) is 3.19. The van der Waals surface area contributed by atoms with Crippen molar-refractivity contribution in [3.63, 3.8) is 0 Å². The van der Waals surface area contributed by atoms with E-state index in [1.807, 2.05) is 72.8 Å². The number of benzene rings is 4. The molecule has 11 nitrogen and oxygen atoms in total. The smallest absolute Gasteiger partial charge is 0.407 e. The fourth-order valence-corrected chi connectivity index (χ4v) is 7.70. The van der Waals surface area contributed by atoms with Crippen LogP contribution in [-0.2, 0) is 27.4 Å². The number of piperidine rings is 1. The van der Waals surface area contributed by atoms with E-state index in [4.69, 9.17) is 24.7 Å². The van der Waals surface area contributed by atoms with Crippen LogP contribution >= 0.6 is 0 Å². The number of fused-ring (bicyclic) bond motifs is 1. The molecular formula is C43H54N4O7. The van der Waals surface area contributed by atoms with E-state index in [0.29, 0.717) is 32.8 Å². The maximum atomic E-state index is 12.6. The highest BCUT2D eigenvalue weighted by Gasteiger charge is 2.45. The monoisotopic (exact) mass is 738 g/mol. The first-order valence-corrected chi connectivity index (χ1v) is 19.1. The summed E-state index contributed by atoms with van der Waals surface area (Å²) in [6, 6.07) is 32.4. The number of carbonyl (C=O) groups is 2. The van der Waals surface area contributed by atoms with Crippen molar-refractivity contribution in [3.8, 4) is 5.75 Å². The highest BCUT2D eigenvalue weighted by atomic mass is 16.6. The Morgan fingerprint density at radius 3 is 2.30 bits per heavy atom. The molecule has 3 N–H and O–H groups in total. The third kappa shape index (κ3) is 11.2. The molecule has 4 aromatic rings. The summed E-state index contributed by atoms with van der Waals surface area (Å²) in [5.74, 6) is 0.0477. The number of nitrogens with two attached hydrogens (primary N) is 1. The van der Waals surface area contributed by atoms with Crippen molar-refractivity contribution in [2.24, 2.45) is 11.7 Å². The summed E-state index contributed by atoms with van der Waals surface area (Å²) in [4.78, 5) is 31.1. The molecule has 0 aliphatic carbocycles. The minimum atomic E-state index is -1.04. The zero-order valence-electron chi connectivity index (χ0n) is 31.3. The fraction of sp³-hybridized carbons (Fsp3) is 0.442. The topological polar surface area (TPSA) is 127 Å². The molecule has 4 unspecified atom stereocenters. The second-order valence-electron chi connectivity index (χ2n) is 14.5. The van der Waals surface area contributed by atoms with Crippen LogP contribution in [0.25, 0.3) is 10.8 Å². The van der Waals surface area contributed by atoms with Gasteiger partial charge >= 0.3 is 12.2 Å². The Balaban J connectivity index is 1.18. The molecule has 4 aromatic carbocycles. The van der Waals surface area contributed by atoms with E-state index in [-0.39, 0.29) is 19.0 Å². The lowest BCUT2D eigenvalue weighted by Crippen LogP contribution is -2.54. The number of primary amides is 1. The van der Waals surface area contributed by atoms with Crippen molar-refractivity contribution >= 4 is 23.0 Å². The average molecular weight is 739 g/mol. The molecule has 11 heteroatoms. The Bertz CT molecular complexity index is 1770. The molecule has 2 aliphatic heterocycles. The number of piperazine rings is 1. The van der Waals surface area contributed by atoms with Gasteiger partial charge in [0, 0.05) is 51.0 Å². The number of likely N-dealkylation sites (tertiary alicyclic amines) is 1. The standard InChI is InChI=1S/C43H54N4O7/c1-45-21-23-46(24-22-45)20-7-13-39(54-42(44)48)38-28-47(43(49)50)29-40(53-31-33-14-15-34-11-5-6-12-36(34)27-33)41(38)35-16-18-37(19-17-35)52-26-8-25-51-30-32-9-3-2-4-10-32/h2-6,9-12,14-19,27,38-41H,7-8,13,20-26,28-31H2,1H3,(H2,44,48)(H,49,50). The minimum absolute atomic E-state index is 0.176. The van der Waals surface area contributed by atoms with Gasteiger partial charge in [0.1, 0.15) is 11.9 Å². The van der Waals surface area contributed by atoms with E-state index < -0.39 is 30.3 Å². The fourth-order valence-electron chi connectivity index (χ4n) is 7.70. The molecule has 54 heavy (non-hydrogen) atoms. The second kappa shape index (κ2) is 19.6. The summed E-state index contributed by atoms with van der Waals surface area (Å²) in [6.07, 6.45) is -0.954. The molecule has 288 valence electrons. The number of ether oxygens (including phenoxy) is 4. The van der Waals surface area contributed by atoms with Crippen LogP contribution in [0.1, 0.15) is 41.9 Å². The summed E-state index contributed by atoms with van der Waals surface area (Å²) < 4.78 is 24.4. The maximum absolute atomic E-state index is 12.6. The number of likely N-dealkylation sites (N-methyl/N-ethyl adjacent to an activating group) is 1. The van der Waals surface area contributed by atoms with Gasteiger partial charge in [-0.05, 0) is 72.1 Å². The van der Waals surface area contributed by atoms with E-state index in [0.717, 1.165) is 78.8 Å². The molecule has 0 spiro atoms. The summed E-state index contributed by atoms with van der Waals surface area (Å²) >= 11 is 0. The van der Waals surface area contributed by atoms with Crippen LogP contribution in [0.2, 0.25) is 0 Å². The predicted molar refractivity (Wildman–Crippen MR) is 209 cm³/mol. The number of carbonyl (C=O) groups excluding carboxylic acids is 1. The molecule has 2 fully saturated rings. The summed E-state index contributed by atoms with van der Waals surface area (Å²) in [7, 11) is 2.13. The molecule has 4 atom stereocenters. The molecule has 2 amide bonds. The lowest BCUT2D eigenvalue weighted by atomic mass is 9.74. The molecule has 2 aliphatic rings. The number of rotatable bonds is 17. The number of hydrogen-bond acceptors (Lipinski definition) is 8. The first-order chi connectivity index (χ1) is 26.3. The van der Waals surface area contributed by atoms with Crippen LogP contribution in [0.3, 0.4) is 0 Å². The third-order valence-corrected chi connectivity index (χ3v) is 10.6. The van der Waals surface area contributed by atoms with Gasteiger partial charge in [-0.25, -0.2) is 9.59 Å². The molecule has 6 rings (SSSR count). The minimum Gasteiger partial charge on any atom is -0.494 e. The normalized spacial score (nSPS) is 20.1. The Labute approximate surface area is 318 Å². The Morgan fingerprint density at radius 1 is 0.815 bits per heavy atom. The van der Waals surface area contributed by atoms with E-state index >= 15 is 0 Å². The van der Waals surface area contributed by atoms with Gasteiger partial charge in [0.15, 0.2) is 0 Å². The van der Waals surface area contributed by atoms with Gasteiger partial charge in [0.05, 0.1) is 39.1 Å². The zero-order valence-corrected chi connectivity index (χ0v) is 31.3. The van der Waals surface area contributed by atoms with E-state index in [2.05, 4.69) is 41.1 Å². The summed E-state index contributed by atoms with van der Waals surface area (Å²) in [6.45, 7) is 7.16. The van der Waals surface area contributed by atoms with Gasteiger partial charge in [-0.2, -0.15) is 0 Å². The first-order valence-electron chi connectivity index (χ1n) is 19.1. The molecule has 0 saturated carbocycles. The van der Waals surface area contributed by atoms with Crippen LogP contribution in [0.5, 0.6) is 5.75 Å². The van der Waals surface area contributed by atoms with Crippen molar-refractivity contribution in [2.75, 3.05) is 66.1 Å². The number of hydrogen-bond donors (Lipinski definition) is 2. The Morgan fingerprint density at radius 2 is 1.56 bits per heavy atom. The van der Waals surface area contributed by atoms with Crippen molar-refractivity contribution < 1.29 is 33.6 Å². The van der Waals surface area contributed by atoms with Crippen LogP contribution < -0.4 is 10.5 Å². The van der Waals surface area contributed by atoms with Gasteiger partial charge in [-0.1, -0.05) is 78.9 Å². The van der Waals surface area contributed by atoms with Crippen LogP contribution in [0.4, 0.5) is 9.59 Å². The largest absolute Gasteiger partial charge is 0.494 e. The molecular weight excluding hydrogens is 684 g/mol. The van der Waals surface area contributed by atoms with Crippen LogP contribution in [-0.4, -0.2) is 110 Å². The first kappa shape index (κ1) is 39.0. The van der Waals surface area contributed by atoms with Crippen LogP contribution in [0, 0.1) is 5.92 Å². The van der Waals surface area contributed by atoms with Crippen LogP contribution in [0.15, 0.2) is 97.1 Å². The van der Waals surface area contributed by atoms with Gasteiger partial charge in [0.25, 0.3) is 0 Å². The molecule has 0 aromatic heterocycles. The van der Waals surface area contributed by atoms with Gasteiger partial charge < -0.3 is 44.5 Å². The SMILES string of the molecule is CN1CCN(CCCC(OC(N)=O)C2CN(C(=O)O)CC(OCc3ccc4ccccc4c3)C2c2ccc(OCCCOCc3ccccc3)cc2)CC1. The zero-order chi connectivity index (χ0) is 37.7. The van der Waals surface area contributed by atoms with Gasteiger partial charge in [0.2, 0.25) is 0 Å². The Kier molecular flexibility index (Phi) is 14.2. The molecule has 2 heterocycles. The number of amides is 2. The second-order valence-corrected chi connectivity index (χ2v) is 14.5. The van der Waals surface area contributed by atoms with Crippen molar-refractivity contribution in [2.45, 2.75) is 50.6 Å². The predicted octanol–water partition coefficient (Wildman–Crippen LogP) is 6.60. The lowest BCUT2D eigenvalue weighted by molar-refractivity contribution is -0.0685. The Hall–Kier alpha value is -4.68. The highest BCUT2D eigenvalue weighted by Crippen LogP contribution is 2.40. The third-order valence-electron chi connectivity index (χ3n) is 10.6. The van der Waals surface area contributed by atoms with Crippen molar-refractivity contribution in [1.29, 1.82) is 0 Å². The number of carboxylic acid groups (broad SMARTS) is 1. The summed E-state index contributed by atoms with van der Waals surface area (Å²) in [5.41, 5.74) is 8.78. The van der Waals surface area contributed by atoms with Crippen molar-refractivity contribution in [3.05, 3.63) is 114 Å². The quantitative estimate of drug-likeness (QED) is 0.115. The maximum Gasteiger partial charge on any atom is 0.407 e.